The summed E-state index contributed by atoms with van der Waals surface area (Å²) >= 11 is 1.77. The summed E-state index contributed by atoms with van der Waals surface area (Å²) in [5.74, 6) is 0.921. The van der Waals surface area contributed by atoms with Crippen LogP contribution in [0.25, 0.3) is 0 Å². The van der Waals surface area contributed by atoms with Gasteiger partial charge in [0, 0.05) is 6.04 Å². The van der Waals surface area contributed by atoms with E-state index >= 15 is 0 Å². The Labute approximate surface area is 125 Å². The minimum Gasteiger partial charge on any atom is -0.497 e. The lowest BCUT2D eigenvalue weighted by Gasteiger charge is -2.18. The summed E-state index contributed by atoms with van der Waals surface area (Å²) in [5.41, 5.74) is 2.78. The lowest BCUT2D eigenvalue weighted by Crippen LogP contribution is -2.33. The predicted molar refractivity (Wildman–Crippen MR) is 86.8 cm³/mol. The molecule has 0 aliphatic heterocycles. The van der Waals surface area contributed by atoms with Crippen LogP contribution in [0, 0.1) is 0 Å². The van der Waals surface area contributed by atoms with Crippen LogP contribution in [0.15, 0.2) is 41.1 Å². The first-order valence-electron chi connectivity index (χ1n) is 7.19. The van der Waals surface area contributed by atoms with Gasteiger partial charge >= 0.3 is 0 Å². The molecule has 0 spiro atoms. The molecule has 1 unspecified atom stereocenters. The minimum atomic E-state index is 0.498. The molecule has 2 rings (SSSR count). The van der Waals surface area contributed by atoms with E-state index in [-0.39, 0.29) is 0 Å². The van der Waals surface area contributed by atoms with Gasteiger partial charge in [0.05, 0.1) is 7.11 Å². The van der Waals surface area contributed by atoms with Gasteiger partial charge in [-0.1, -0.05) is 19.1 Å². The summed E-state index contributed by atoms with van der Waals surface area (Å²) in [5, 5.41) is 8.06. The van der Waals surface area contributed by atoms with E-state index in [2.05, 4.69) is 41.2 Å². The maximum atomic E-state index is 5.21. The number of thiophene rings is 1. The Balaban J connectivity index is 1.98. The fraction of sp³-hybridized carbons (Fsp3) is 0.412. The normalized spacial score (nSPS) is 12.3. The second kappa shape index (κ2) is 8.08. The second-order valence-electron chi connectivity index (χ2n) is 5.04. The molecule has 2 aromatic rings. The van der Waals surface area contributed by atoms with Crippen LogP contribution in [0.5, 0.6) is 5.75 Å². The van der Waals surface area contributed by atoms with E-state index in [1.807, 2.05) is 12.1 Å². The number of hydrogen-bond acceptors (Lipinski definition) is 3. The molecule has 108 valence electrons. The van der Waals surface area contributed by atoms with Crippen molar-refractivity contribution in [1.82, 2.24) is 5.32 Å². The molecule has 0 aliphatic carbocycles. The number of rotatable bonds is 8. The highest BCUT2D eigenvalue weighted by molar-refractivity contribution is 7.07. The molecule has 0 saturated carbocycles. The fourth-order valence-corrected chi connectivity index (χ4v) is 2.99. The van der Waals surface area contributed by atoms with Gasteiger partial charge in [-0.3, -0.25) is 0 Å². The Kier molecular flexibility index (Phi) is 6.09. The molecular formula is C17H23NOS. The molecule has 1 aromatic carbocycles. The van der Waals surface area contributed by atoms with Crippen molar-refractivity contribution >= 4 is 11.3 Å². The zero-order valence-corrected chi connectivity index (χ0v) is 13.1. The molecule has 0 bridgehead atoms. The zero-order chi connectivity index (χ0) is 14.2. The standard InChI is InChI=1S/C17H23NOS/c1-3-9-18-16(12-15-8-10-20-13-15)11-14-4-6-17(19-2)7-5-14/h4-8,10,13,16,18H,3,9,11-12H2,1-2H3. The van der Waals surface area contributed by atoms with Crippen LogP contribution in [0.4, 0.5) is 0 Å². The summed E-state index contributed by atoms with van der Waals surface area (Å²) < 4.78 is 5.21. The first kappa shape index (κ1) is 15.1. The Morgan fingerprint density at radius 1 is 1.10 bits per heavy atom. The van der Waals surface area contributed by atoms with Gasteiger partial charge in [0.2, 0.25) is 0 Å². The predicted octanol–water partition coefficient (Wildman–Crippen LogP) is 3.91. The Hall–Kier alpha value is -1.32. The van der Waals surface area contributed by atoms with Gasteiger partial charge in [-0.05, 0) is 65.9 Å². The van der Waals surface area contributed by atoms with Crippen molar-refractivity contribution in [2.24, 2.45) is 0 Å². The summed E-state index contributed by atoms with van der Waals surface area (Å²) in [4.78, 5) is 0. The molecule has 1 atom stereocenters. The molecule has 0 fully saturated rings. The van der Waals surface area contributed by atoms with Gasteiger partial charge < -0.3 is 10.1 Å². The van der Waals surface area contributed by atoms with E-state index in [0.29, 0.717) is 6.04 Å². The minimum absolute atomic E-state index is 0.498. The van der Waals surface area contributed by atoms with Gasteiger partial charge in [-0.2, -0.15) is 11.3 Å². The van der Waals surface area contributed by atoms with E-state index in [4.69, 9.17) is 4.74 Å². The monoisotopic (exact) mass is 289 g/mol. The number of hydrogen-bond donors (Lipinski definition) is 1. The second-order valence-corrected chi connectivity index (χ2v) is 5.82. The van der Waals surface area contributed by atoms with Crippen molar-refractivity contribution in [3.63, 3.8) is 0 Å². The van der Waals surface area contributed by atoms with Crippen LogP contribution < -0.4 is 10.1 Å². The molecule has 1 N–H and O–H groups in total. The van der Waals surface area contributed by atoms with Crippen LogP contribution in [-0.4, -0.2) is 19.7 Å². The topological polar surface area (TPSA) is 21.3 Å². The largest absolute Gasteiger partial charge is 0.497 e. The molecule has 0 amide bonds. The maximum Gasteiger partial charge on any atom is 0.118 e. The molecule has 1 aromatic heterocycles. The molecule has 0 saturated heterocycles. The molecule has 2 nitrogen and oxygen atoms in total. The maximum absolute atomic E-state index is 5.21. The third-order valence-corrected chi connectivity index (χ3v) is 4.12. The van der Waals surface area contributed by atoms with Crippen LogP contribution in [0.1, 0.15) is 24.5 Å². The zero-order valence-electron chi connectivity index (χ0n) is 12.3. The van der Waals surface area contributed by atoms with Crippen molar-refractivity contribution < 1.29 is 4.74 Å². The van der Waals surface area contributed by atoms with Crippen molar-refractivity contribution in [1.29, 1.82) is 0 Å². The summed E-state index contributed by atoms with van der Waals surface area (Å²) in [7, 11) is 1.71. The number of methoxy groups -OCH3 is 1. The molecule has 20 heavy (non-hydrogen) atoms. The van der Waals surface area contributed by atoms with Crippen molar-refractivity contribution in [2.75, 3.05) is 13.7 Å². The highest BCUT2D eigenvalue weighted by Crippen LogP contribution is 2.15. The molecule has 1 heterocycles. The van der Waals surface area contributed by atoms with Crippen molar-refractivity contribution in [2.45, 2.75) is 32.2 Å². The van der Waals surface area contributed by atoms with Crippen LogP contribution in [0.3, 0.4) is 0 Å². The van der Waals surface area contributed by atoms with E-state index in [1.165, 1.54) is 17.5 Å². The summed E-state index contributed by atoms with van der Waals surface area (Å²) in [6.07, 6.45) is 3.32. The highest BCUT2D eigenvalue weighted by atomic mass is 32.1. The number of ether oxygens (including phenoxy) is 1. The van der Waals surface area contributed by atoms with E-state index < -0.39 is 0 Å². The summed E-state index contributed by atoms with van der Waals surface area (Å²) in [6, 6.07) is 11.1. The fourth-order valence-electron chi connectivity index (χ4n) is 2.30. The van der Waals surface area contributed by atoms with Gasteiger partial charge in [0.1, 0.15) is 5.75 Å². The lowest BCUT2D eigenvalue weighted by molar-refractivity contribution is 0.414. The van der Waals surface area contributed by atoms with Gasteiger partial charge in [0.15, 0.2) is 0 Å². The van der Waals surface area contributed by atoms with Gasteiger partial charge in [0.25, 0.3) is 0 Å². The van der Waals surface area contributed by atoms with Gasteiger partial charge in [-0.15, -0.1) is 0 Å². The van der Waals surface area contributed by atoms with Crippen LogP contribution >= 0.6 is 11.3 Å². The van der Waals surface area contributed by atoms with Gasteiger partial charge in [-0.25, -0.2) is 0 Å². The Morgan fingerprint density at radius 3 is 2.45 bits per heavy atom. The van der Waals surface area contributed by atoms with Crippen LogP contribution in [-0.2, 0) is 12.8 Å². The first-order chi connectivity index (χ1) is 9.81. The number of benzene rings is 1. The highest BCUT2D eigenvalue weighted by Gasteiger charge is 2.10. The van der Waals surface area contributed by atoms with E-state index in [0.717, 1.165) is 25.1 Å². The quantitative estimate of drug-likeness (QED) is 0.795. The SMILES string of the molecule is CCCNC(Cc1ccc(OC)cc1)Cc1ccsc1. The Morgan fingerprint density at radius 2 is 1.85 bits per heavy atom. The van der Waals surface area contributed by atoms with E-state index in [9.17, 15) is 0 Å². The van der Waals surface area contributed by atoms with Crippen LogP contribution in [0.2, 0.25) is 0 Å². The van der Waals surface area contributed by atoms with Crippen molar-refractivity contribution in [3.8, 4) is 5.75 Å². The Bertz CT molecular complexity index is 478. The molecular weight excluding hydrogens is 266 g/mol. The molecule has 0 radical (unpaired) electrons. The average Bonchev–Trinajstić information content (AvgIpc) is 2.98. The molecule has 0 aliphatic rings. The first-order valence-corrected chi connectivity index (χ1v) is 8.13. The third-order valence-electron chi connectivity index (χ3n) is 3.39. The smallest absolute Gasteiger partial charge is 0.118 e. The molecule has 3 heteroatoms. The lowest BCUT2D eigenvalue weighted by atomic mass is 10.0. The third kappa shape index (κ3) is 4.66. The summed E-state index contributed by atoms with van der Waals surface area (Å²) in [6.45, 7) is 3.28. The van der Waals surface area contributed by atoms with Crippen molar-refractivity contribution in [3.05, 3.63) is 52.2 Å². The number of nitrogens with one attached hydrogen (secondary N) is 1. The average molecular weight is 289 g/mol. The van der Waals surface area contributed by atoms with E-state index in [1.54, 1.807) is 18.4 Å².